The third-order valence-electron chi connectivity index (χ3n) is 19.4. The average Bonchev–Trinajstić information content (AvgIpc) is 3.28. The first-order valence-corrected chi connectivity index (χ1v) is 24.5. The standard InChI is InChI=1S/C49H78O18/c1-22-30(53)32(55)36(59)41(62-22)66-38-33(56)31(54)25(20-50)63-42(38)67-39-35(58)34(57)37(40(60)61-9)65-43(39)64-29-13-14-46(5)26(47(29,6)21-51)12-15-49(8)27(46)11-10-23-24-18-44(2,3)19-28(52)45(24,4)16-17-48(23,49)7/h10,22,24-27,29-39,41-43,50-51,53-59H,11-21H2,1-9H3/t22-,24-,25+,26+,27+,29-,30-,31-,32+,33-,34-,35-,36+,37-,38+,39+,41-,42-,43+,45-,46+,47-,48-,49-/m0/s1. The van der Waals surface area contributed by atoms with Gasteiger partial charge in [0.2, 0.25) is 0 Å². The molecule has 67 heavy (non-hydrogen) atoms. The van der Waals surface area contributed by atoms with Crippen molar-refractivity contribution in [1.82, 2.24) is 0 Å². The quantitative estimate of drug-likeness (QED) is 0.0886. The number of hydrogen-bond acceptors (Lipinski definition) is 18. The second-order valence-electron chi connectivity index (χ2n) is 23.6. The molecule has 5 aliphatic carbocycles. The SMILES string of the molecule is COC(=O)[C@H]1O[C@@H](O[C@H]2CC[C@]3(C)[C@@H](CC[C@@]4(C)[C@@H]3CC=C3[C@@H]5CC(C)(C)CC(=O)[C@@]5(C)CC[C@@]34C)[C@]2(C)CO)[C@H](O[C@@H]2O[C@H](CO)[C@H](O)[C@H](O)[C@H]2O[C@@H]2O[C@@H](C)[C@H](O)[C@@H](O)[C@H]2O)[C@@H](O)[C@@H]1O. The molecule has 3 aliphatic heterocycles. The highest BCUT2D eigenvalue weighted by Crippen LogP contribution is 2.75. The Hall–Kier alpha value is -1.72. The minimum Gasteiger partial charge on any atom is -0.467 e. The molecule has 0 bridgehead atoms. The summed E-state index contributed by atoms with van der Waals surface area (Å²) in [4.78, 5) is 26.9. The largest absolute Gasteiger partial charge is 0.467 e. The third kappa shape index (κ3) is 8.02. The monoisotopic (exact) mass is 955 g/mol. The van der Waals surface area contributed by atoms with E-state index in [-0.39, 0.29) is 51.4 Å². The first-order chi connectivity index (χ1) is 31.3. The summed E-state index contributed by atoms with van der Waals surface area (Å²) in [5.41, 5.74) is -0.412. The van der Waals surface area contributed by atoms with Crippen LogP contribution < -0.4 is 0 Å². The van der Waals surface area contributed by atoms with E-state index < -0.39 is 116 Å². The van der Waals surface area contributed by atoms with E-state index in [4.69, 9.17) is 33.2 Å². The van der Waals surface area contributed by atoms with Crippen LogP contribution in [-0.2, 0) is 42.7 Å². The Balaban J connectivity index is 1.08. The number of aliphatic hydroxyl groups is 9. The van der Waals surface area contributed by atoms with Crippen LogP contribution in [0.2, 0.25) is 0 Å². The summed E-state index contributed by atoms with van der Waals surface area (Å²) in [6.45, 7) is 16.2. The molecule has 24 atom stereocenters. The molecule has 8 rings (SSSR count). The molecule has 382 valence electrons. The van der Waals surface area contributed by atoms with Gasteiger partial charge in [0, 0.05) is 17.3 Å². The maximum atomic E-state index is 13.8. The topological polar surface area (TPSA) is 281 Å². The van der Waals surface area contributed by atoms with Crippen LogP contribution in [0.4, 0.5) is 0 Å². The van der Waals surface area contributed by atoms with Crippen molar-refractivity contribution in [1.29, 1.82) is 0 Å². The molecule has 4 saturated carbocycles. The van der Waals surface area contributed by atoms with Crippen LogP contribution in [0.1, 0.15) is 113 Å². The van der Waals surface area contributed by atoms with E-state index in [9.17, 15) is 55.5 Å². The molecule has 7 fully saturated rings. The van der Waals surface area contributed by atoms with Crippen molar-refractivity contribution in [3.63, 3.8) is 0 Å². The number of carbonyl (C=O) groups excluding carboxylic acids is 2. The number of hydrogen-bond donors (Lipinski definition) is 9. The second-order valence-corrected chi connectivity index (χ2v) is 23.6. The normalized spacial score (nSPS) is 54.1. The lowest BCUT2D eigenvalue weighted by Gasteiger charge is -2.71. The lowest BCUT2D eigenvalue weighted by atomic mass is 9.33. The van der Waals surface area contributed by atoms with Crippen molar-refractivity contribution in [2.45, 2.75) is 211 Å². The van der Waals surface area contributed by atoms with E-state index in [0.29, 0.717) is 25.0 Å². The van der Waals surface area contributed by atoms with E-state index in [2.05, 4.69) is 47.6 Å². The number of rotatable bonds is 9. The van der Waals surface area contributed by atoms with Crippen molar-refractivity contribution in [2.24, 2.45) is 50.2 Å². The van der Waals surface area contributed by atoms with Crippen molar-refractivity contribution < 1.29 is 88.7 Å². The predicted octanol–water partition coefficient (Wildman–Crippen LogP) is 1.00. The van der Waals surface area contributed by atoms with E-state index in [1.165, 1.54) is 12.5 Å². The smallest absolute Gasteiger partial charge is 0.337 e. The molecule has 0 aromatic heterocycles. The van der Waals surface area contributed by atoms with Gasteiger partial charge in [-0.25, -0.2) is 4.79 Å². The van der Waals surface area contributed by atoms with Gasteiger partial charge in [-0.15, -0.1) is 0 Å². The van der Waals surface area contributed by atoms with Crippen molar-refractivity contribution in [3.8, 4) is 0 Å². The molecule has 18 nitrogen and oxygen atoms in total. The van der Waals surface area contributed by atoms with Gasteiger partial charge in [-0.2, -0.15) is 0 Å². The Labute approximate surface area is 393 Å². The maximum absolute atomic E-state index is 13.8. The second kappa shape index (κ2) is 18.1. The number of Topliss-reactive ketones (excluding diaryl/α,β-unsaturated/α-hetero) is 1. The van der Waals surface area contributed by atoms with E-state index in [1.807, 2.05) is 6.92 Å². The molecule has 18 heteroatoms. The molecule has 0 aromatic rings. The van der Waals surface area contributed by atoms with Gasteiger partial charge in [-0.3, -0.25) is 4.79 Å². The van der Waals surface area contributed by atoms with Crippen LogP contribution in [-0.4, -0.2) is 176 Å². The van der Waals surface area contributed by atoms with Crippen LogP contribution in [0.5, 0.6) is 0 Å². The fourth-order valence-corrected chi connectivity index (χ4v) is 15.0. The lowest BCUT2D eigenvalue weighted by molar-refractivity contribution is -0.396. The van der Waals surface area contributed by atoms with E-state index in [1.54, 1.807) is 0 Å². The molecule has 9 N–H and O–H groups in total. The Morgan fingerprint density at radius 1 is 0.716 bits per heavy atom. The van der Waals surface area contributed by atoms with Crippen LogP contribution in [0.25, 0.3) is 0 Å². The highest BCUT2D eigenvalue weighted by molar-refractivity contribution is 5.87. The summed E-state index contributed by atoms with van der Waals surface area (Å²) in [5.74, 6) is -0.283. The Bertz CT molecular complexity index is 1880. The zero-order chi connectivity index (χ0) is 49.1. The number of ether oxygens (including phenoxy) is 7. The number of allylic oxidation sites excluding steroid dienone is 2. The van der Waals surface area contributed by atoms with Gasteiger partial charge in [0.25, 0.3) is 0 Å². The van der Waals surface area contributed by atoms with Crippen LogP contribution in [0, 0.1) is 50.2 Å². The van der Waals surface area contributed by atoms with E-state index >= 15 is 0 Å². The van der Waals surface area contributed by atoms with Gasteiger partial charge in [-0.05, 0) is 97.7 Å². The third-order valence-corrected chi connectivity index (χ3v) is 19.4. The van der Waals surface area contributed by atoms with Crippen molar-refractivity contribution >= 4 is 11.8 Å². The fraction of sp³-hybridized carbons (Fsp3) is 0.918. The molecular formula is C49H78O18. The molecular weight excluding hydrogens is 877 g/mol. The van der Waals surface area contributed by atoms with Gasteiger partial charge in [0.05, 0.1) is 32.5 Å². The zero-order valence-corrected chi connectivity index (χ0v) is 40.5. The first-order valence-electron chi connectivity index (χ1n) is 24.5. The zero-order valence-electron chi connectivity index (χ0n) is 40.5. The summed E-state index contributed by atoms with van der Waals surface area (Å²) in [6.07, 6.45) is -16.9. The molecule has 3 heterocycles. The first kappa shape index (κ1) is 51.6. The number of methoxy groups -OCH3 is 1. The van der Waals surface area contributed by atoms with Gasteiger partial charge in [-0.1, -0.05) is 60.1 Å². The fourth-order valence-electron chi connectivity index (χ4n) is 15.0. The molecule has 0 spiro atoms. The van der Waals surface area contributed by atoms with E-state index in [0.717, 1.165) is 45.6 Å². The summed E-state index contributed by atoms with van der Waals surface area (Å²) in [5, 5.41) is 98.7. The maximum Gasteiger partial charge on any atom is 0.337 e. The molecule has 0 amide bonds. The van der Waals surface area contributed by atoms with Crippen molar-refractivity contribution in [3.05, 3.63) is 11.6 Å². The molecule has 3 saturated heterocycles. The summed E-state index contributed by atoms with van der Waals surface area (Å²) < 4.78 is 41.6. The van der Waals surface area contributed by atoms with Crippen LogP contribution >= 0.6 is 0 Å². The number of esters is 1. The van der Waals surface area contributed by atoms with Gasteiger partial charge < -0.3 is 79.1 Å². The Morgan fingerprint density at radius 3 is 2.00 bits per heavy atom. The van der Waals surface area contributed by atoms with Crippen molar-refractivity contribution in [2.75, 3.05) is 20.3 Å². The minimum atomic E-state index is -1.95. The lowest BCUT2D eigenvalue weighted by Crippen LogP contribution is -2.68. The van der Waals surface area contributed by atoms with Crippen LogP contribution in [0.3, 0.4) is 0 Å². The van der Waals surface area contributed by atoms with Crippen LogP contribution in [0.15, 0.2) is 11.6 Å². The average molecular weight is 955 g/mol. The Kier molecular flexibility index (Phi) is 13.9. The number of carbonyl (C=O) groups is 2. The highest BCUT2D eigenvalue weighted by Gasteiger charge is 2.70. The summed E-state index contributed by atoms with van der Waals surface area (Å²) >= 11 is 0. The number of fused-ring (bicyclic) bond motifs is 7. The number of ketones is 1. The van der Waals surface area contributed by atoms with Gasteiger partial charge >= 0.3 is 5.97 Å². The molecule has 8 aliphatic rings. The number of aliphatic hydroxyl groups excluding tert-OH is 9. The predicted molar refractivity (Wildman–Crippen MR) is 234 cm³/mol. The molecule has 0 unspecified atom stereocenters. The molecule has 0 aromatic carbocycles. The molecule has 0 radical (unpaired) electrons. The summed E-state index contributed by atoms with van der Waals surface area (Å²) in [6, 6.07) is 0. The minimum absolute atomic E-state index is 0.0705. The van der Waals surface area contributed by atoms with Gasteiger partial charge in [0.1, 0.15) is 66.8 Å². The summed E-state index contributed by atoms with van der Waals surface area (Å²) in [7, 11) is 1.09. The van der Waals surface area contributed by atoms with Gasteiger partial charge in [0.15, 0.2) is 25.0 Å². The Morgan fingerprint density at radius 2 is 1.36 bits per heavy atom. The highest BCUT2D eigenvalue weighted by atomic mass is 16.8.